The molecule has 0 spiro atoms. The van der Waals surface area contributed by atoms with E-state index in [1.54, 1.807) is 30.4 Å². The highest BCUT2D eigenvalue weighted by Crippen LogP contribution is 2.52. The predicted molar refractivity (Wildman–Crippen MR) is 134 cm³/mol. The minimum Gasteiger partial charge on any atom is -0.504 e. The van der Waals surface area contributed by atoms with Crippen LogP contribution >= 0.6 is 0 Å². The molecule has 0 bridgehead atoms. The van der Waals surface area contributed by atoms with Crippen LogP contribution in [0.1, 0.15) is 28.7 Å². The first-order valence-electron chi connectivity index (χ1n) is 12.2. The second-order valence-electron chi connectivity index (χ2n) is 9.04. The number of aliphatic hydroxyl groups excluding tert-OH is 4. The number of aromatic hydroxyl groups is 1. The van der Waals surface area contributed by atoms with E-state index in [9.17, 15) is 25.5 Å². The highest BCUT2D eigenvalue weighted by molar-refractivity contribution is 5.62. The molecule has 7 atom stereocenters. The zero-order valence-electron chi connectivity index (χ0n) is 21.4. The van der Waals surface area contributed by atoms with Gasteiger partial charge < -0.3 is 54.0 Å². The van der Waals surface area contributed by atoms with Gasteiger partial charge in [0.25, 0.3) is 0 Å². The largest absolute Gasteiger partial charge is 0.504 e. The van der Waals surface area contributed by atoms with E-state index in [4.69, 9.17) is 28.4 Å². The smallest absolute Gasteiger partial charge is 0.186 e. The molecule has 11 heteroatoms. The van der Waals surface area contributed by atoms with E-state index >= 15 is 0 Å². The van der Waals surface area contributed by atoms with Crippen molar-refractivity contribution >= 4 is 6.08 Å². The third-order valence-corrected chi connectivity index (χ3v) is 6.82. The number of phenols is 1. The minimum atomic E-state index is -1.43. The normalized spacial score (nSPS) is 28.8. The van der Waals surface area contributed by atoms with Crippen LogP contribution in [0.3, 0.4) is 0 Å². The lowest BCUT2D eigenvalue weighted by molar-refractivity contribution is -0.305. The van der Waals surface area contributed by atoms with Crippen molar-refractivity contribution in [3.8, 4) is 23.0 Å². The standard InChI is InChI=1S/C27H34O11/c1-33-19-11-15(6-7-18(19)30)24-17(13-36-27-23(32)22(31)26(35-3)21(12-29)37-27)16-9-14(5-4-8-28)10-20(34-2)25(16)38-24/h4-7,9-11,17,21-24,26-32H,8,12-13H2,1-3H3. The molecule has 2 aromatic carbocycles. The van der Waals surface area contributed by atoms with E-state index in [-0.39, 0.29) is 24.7 Å². The van der Waals surface area contributed by atoms with E-state index in [1.165, 1.54) is 27.4 Å². The number of hydrogen-bond acceptors (Lipinski definition) is 11. The second-order valence-corrected chi connectivity index (χ2v) is 9.04. The summed E-state index contributed by atoms with van der Waals surface area (Å²) in [4.78, 5) is 0. The Morgan fingerprint density at radius 2 is 1.74 bits per heavy atom. The van der Waals surface area contributed by atoms with Crippen molar-refractivity contribution in [3.63, 3.8) is 0 Å². The van der Waals surface area contributed by atoms with E-state index in [0.29, 0.717) is 17.1 Å². The van der Waals surface area contributed by atoms with Gasteiger partial charge in [0, 0.05) is 12.7 Å². The maximum absolute atomic E-state index is 10.6. The summed E-state index contributed by atoms with van der Waals surface area (Å²) in [5.41, 5.74) is 2.20. The van der Waals surface area contributed by atoms with Crippen LogP contribution in [0.2, 0.25) is 0 Å². The van der Waals surface area contributed by atoms with E-state index in [1.807, 2.05) is 6.07 Å². The number of fused-ring (bicyclic) bond motifs is 1. The van der Waals surface area contributed by atoms with E-state index in [2.05, 4.69) is 0 Å². The van der Waals surface area contributed by atoms with Crippen LogP contribution in [0, 0.1) is 0 Å². The summed E-state index contributed by atoms with van der Waals surface area (Å²) in [5, 5.41) is 50.2. The summed E-state index contributed by atoms with van der Waals surface area (Å²) >= 11 is 0. The molecule has 5 N–H and O–H groups in total. The Kier molecular flexibility index (Phi) is 9.11. The fraction of sp³-hybridized carbons (Fsp3) is 0.481. The molecule has 0 amide bonds. The molecule has 2 aliphatic heterocycles. The van der Waals surface area contributed by atoms with Crippen LogP contribution < -0.4 is 14.2 Å². The fourth-order valence-corrected chi connectivity index (χ4v) is 4.89. The van der Waals surface area contributed by atoms with Crippen molar-refractivity contribution in [1.29, 1.82) is 0 Å². The Hall–Kier alpha value is -2.90. The van der Waals surface area contributed by atoms with Gasteiger partial charge in [-0.25, -0.2) is 0 Å². The number of hydrogen-bond donors (Lipinski definition) is 5. The van der Waals surface area contributed by atoms with Gasteiger partial charge in [-0.1, -0.05) is 18.2 Å². The summed E-state index contributed by atoms with van der Waals surface area (Å²) in [6, 6.07) is 8.55. The summed E-state index contributed by atoms with van der Waals surface area (Å²) in [7, 11) is 4.33. The zero-order valence-corrected chi connectivity index (χ0v) is 21.4. The maximum Gasteiger partial charge on any atom is 0.186 e. The number of ether oxygens (including phenoxy) is 6. The molecule has 2 aromatic rings. The van der Waals surface area contributed by atoms with Gasteiger partial charge in [-0.05, 0) is 35.4 Å². The van der Waals surface area contributed by atoms with Crippen LogP contribution in [-0.2, 0) is 14.2 Å². The minimum absolute atomic E-state index is 0.0125. The first-order chi connectivity index (χ1) is 18.4. The van der Waals surface area contributed by atoms with Gasteiger partial charge in [0.1, 0.15) is 30.5 Å². The molecular weight excluding hydrogens is 500 g/mol. The second kappa shape index (κ2) is 12.3. The molecule has 7 unspecified atom stereocenters. The predicted octanol–water partition coefficient (Wildman–Crippen LogP) is 1.10. The van der Waals surface area contributed by atoms with Crippen LogP contribution in [0.25, 0.3) is 6.08 Å². The fourth-order valence-electron chi connectivity index (χ4n) is 4.89. The molecule has 0 aliphatic carbocycles. The van der Waals surface area contributed by atoms with Gasteiger partial charge in [0.05, 0.1) is 40.0 Å². The molecule has 1 fully saturated rings. The topological polar surface area (TPSA) is 157 Å². The molecule has 4 rings (SSSR count). The molecule has 0 radical (unpaired) electrons. The average molecular weight is 535 g/mol. The molecule has 11 nitrogen and oxygen atoms in total. The van der Waals surface area contributed by atoms with Gasteiger partial charge in [-0.15, -0.1) is 0 Å². The highest BCUT2D eigenvalue weighted by atomic mass is 16.7. The van der Waals surface area contributed by atoms with Gasteiger partial charge in [0.2, 0.25) is 0 Å². The number of aliphatic hydroxyl groups is 4. The maximum atomic E-state index is 10.6. The van der Waals surface area contributed by atoms with Crippen molar-refractivity contribution in [2.24, 2.45) is 0 Å². The summed E-state index contributed by atoms with van der Waals surface area (Å²) in [6.07, 6.45) is -3.09. The molecule has 2 aliphatic rings. The Morgan fingerprint density at radius 1 is 0.974 bits per heavy atom. The molecule has 0 saturated carbocycles. The molecule has 208 valence electrons. The third kappa shape index (κ3) is 5.45. The molecule has 2 heterocycles. The van der Waals surface area contributed by atoms with Crippen molar-refractivity contribution in [2.75, 3.05) is 41.2 Å². The van der Waals surface area contributed by atoms with E-state index < -0.39 is 49.3 Å². The summed E-state index contributed by atoms with van der Waals surface area (Å²) < 4.78 is 34.1. The Bertz CT molecular complexity index is 1120. The van der Waals surface area contributed by atoms with E-state index in [0.717, 1.165) is 11.1 Å². The average Bonchev–Trinajstić information content (AvgIpc) is 3.30. The van der Waals surface area contributed by atoms with Crippen molar-refractivity contribution in [3.05, 3.63) is 53.1 Å². The van der Waals surface area contributed by atoms with Crippen LogP contribution in [0.4, 0.5) is 0 Å². The van der Waals surface area contributed by atoms with Crippen molar-refractivity contribution in [2.45, 2.75) is 42.7 Å². The van der Waals surface area contributed by atoms with Gasteiger partial charge in [-0.3, -0.25) is 0 Å². The lowest BCUT2D eigenvalue weighted by Crippen LogP contribution is -2.59. The van der Waals surface area contributed by atoms with Crippen molar-refractivity contribution < 1.29 is 54.0 Å². The lowest BCUT2D eigenvalue weighted by Gasteiger charge is -2.41. The molecule has 38 heavy (non-hydrogen) atoms. The monoisotopic (exact) mass is 534 g/mol. The number of benzene rings is 2. The molecule has 0 aromatic heterocycles. The van der Waals surface area contributed by atoms with Crippen LogP contribution in [-0.4, -0.2) is 97.4 Å². The van der Waals surface area contributed by atoms with Gasteiger partial charge in [-0.2, -0.15) is 0 Å². The number of methoxy groups -OCH3 is 3. The molecule has 1 saturated heterocycles. The van der Waals surface area contributed by atoms with Crippen LogP contribution in [0.15, 0.2) is 36.4 Å². The quantitative estimate of drug-likeness (QED) is 0.297. The number of phenolic OH excluding ortho intramolecular Hbond substituents is 1. The van der Waals surface area contributed by atoms with Gasteiger partial charge in [0.15, 0.2) is 29.3 Å². The molecular formula is C27H34O11. The Labute approximate surface area is 220 Å². The SMILES string of the molecule is COc1cc(C2Oc3c(OC)cc(C=CCO)cc3C2COC2OC(CO)C(OC)C(O)C2O)ccc1O. The highest BCUT2D eigenvalue weighted by Gasteiger charge is 2.46. The third-order valence-electron chi connectivity index (χ3n) is 6.82. The van der Waals surface area contributed by atoms with Gasteiger partial charge >= 0.3 is 0 Å². The first kappa shape index (κ1) is 28.1. The van der Waals surface area contributed by atoms with Crippen molar-refractivity contribution in [1.82, 2.24) is 0 Å². The summed E-state index contributed by atoms with van der Waals surface area (Å²) in [6.45, 7) is -0.585. The Morgan fingerprint density at radius 3 is 2.39 bits per heavy atom. The summed E-state index contributed by atoms with van der Waals surface area (Å²) in [5.74, 6) is 0.772. The Balaban J connectivity index is 1.69. The lowest BCUT2D eigenvalue weighted by atomic mass is 9.90. The number of rotatable bonds is 10. The zero-order chi connectivity index (χ0) is 27.4. The first-order valence-corrected chi connectivity index (χ1v) is 12.2. The van der Waals surface area contributed by atoms with Crippen LogP contribution in [0.5, 0.6) is 23.0 Å².